The zero-order valence-electron chi connectivity index (χ0n) is 12.9. The monoisotopic (exact) mass is 256 g/mol. The first-order valence-corrected chi connectivity index (χ1v) is 7.56. The highest BCUT2D eigenvalue weighted by Gasteiger charge is 2.27. The molecule has 0 aromatic heterocycles. The normalized spacial score (nSPS) is 26.2. The van der Waals surface area contributed by atoms with Crippen molar-refractivity contribution in [3.8, 4) is 0 Å². The first kappa shape index (κ1) is 15.9. The van der Waals surface area contributed by atoms with Crippen LogP contribution in [0.2, 0.25) is 0 Å². The van der Waals surface area contributed by atoms with Crippen LogP contribution < -0.4 is 5.32 Å². The van der Waals surface area contributed by atoms with Crippen molar-refractivity contribution < 1.29 is 4.74 Å². The Hall–Kier alpha value is -0.120. The van der Waals surface area contributed by atoms with Gasteiger partial charge in [0.25, 0.3) is 0 Å². The first-order chi connectivity index (χ1) is 8.50. The van der Waals surface area contributed by atoms with Crippen LogP contribution in [0, 0.1) is 11.8 Å². The van der Waals surface area contributed by atoms with Crippen molar-refractivity contribution in [3.63, 3.8) is 0 Å². The molecule has 1 aliphatic rings. The summed E-state index contributed by atoms with van der Waals surface area (Å²) >= 11 is 0. The molecule has 0 amide bonds. The van der Waals surface area contributed by atoms with Gasteiger partial charge in [-0.05, 0) is 25.2 Å². The van der Waals surface area contributed by atoms with E-state index in [0.717, 1.165) is 38.8 Å². The van der Waals surface area contributed by atoms with Crippen LogP contribution in [-0.2, 0) is 4.74 Å². The quantitative estimate of drug-likeness (QED) is 0.708. The molecule has 2 atom stereocenters. The Labute approximate surface area is 113 Å². The van der Waals surface area contributed by atoms with Crippen molar-refractivity contribution in [2.24, 2.45) is 11.8 Å². The van der Waals surface area contributed by atoms with E-state index >= 15 is 0 Å². The third-order valence-corrected chi connectivity index (χ3v) is 3.78. The minimum atomic E-state index is 0.607. The van der Waals surface area contributed by atoms with Crippen LogP contribution in [0.15, 0.2) is 0 Å². The molecule has 108 valence electrons. The van der Waals surface area contributed by atoms with Crippen LogP contribution in [0.3, 0.4) is 0 Å². The van der Waals surface area contributed by atoms with Gasteiger partial charge in [0, 0.05) is 38.3 Å². The highest BCUT2D eigenvalue weighted by atomic mass is 16.5. The maximum atomic E-state index is 5.75. The molecule has 1 heterocycles. The number of nitrogens with zero attached hydrogens (tertiary/aromatic N) is 1. The summed E-state index contributed by atoms with van der Waals surface area (Å²) in [4.78, 5) is 2.60. The molecule has 1 saturated heterocycles. The van der Waals surface area contributed by atoms with E-state index in [-0.39, 0.29) is 0 Å². The van der Waals surface area contributed by atoms with Gasteiger partial charge in [0.2, 0.25) is 0 Å². The Balaban J connectivity index is 2.24. The van der Waals surface area contributed by atoms with E-state index in [4.69, 9.17) is 4.74 Å². The average Bonchev–Trinajstić information content (AvgIpc) is 2.27. The summed E-state index contributed by atoms with van der Waals surface area (Å²) in [6.45, 7) is 16.5. The van der Waals surface area contributed by atoms with Crippen LogP contribution in [0.25, 0.3) is 0 Å². The lowest BCUT2D eigenvalue weighted by Gasteiger charge is -2.41. The lowest BCUT2D eigenvalue weighted by atomic mass is 9.99. The molecule has 0 spiro atoms. The van der Waals surface area contributed by atoms with Crippen molar-refractivity contribution in [2.75, 3.05) is 32.8 Å². The fourth-order valence-corrected chi connectivity index (χ4v) is 2.52. The molecule has 1 fully saturated rings. The van der Waals surface area contributed by atoms with Gasteiger partial charge in [0.05, 0.1) is 6.61 Å². The van der Waals surface area contributed by atoms with Gasteiger partial charge in [0.1, 0.15) is 0 Å². The third-order valence-electron chi connectivity index (χ3n) is 3.78. The molecule has 0 bridgehead atoms. The van der Waals surface area contributed by atoms with Crippen LogP contribution in [-0.4, -0.2) is 49.8 Å². The van der Waals surface area contributed by atoms with Gasteiger partial charge in [-0.3, -0.25) is 4.90 Å². The van der Waals surface area contributed by atoms with E-state index in [0.29, 0.717) is 18.0 Å². The summed E-state index contributed by atoms with van der Waals surface area (Å²) < 4.78 is 5.75. The van der Waals surface area contributed by atoms with Gasteiger partial charge >= 0.3 is 0 Å². The van der Waals surface area contributed by atoms with Gasteiger partial charge in [0.15, 0.2) is 0 Å². The number of hydrogen-bond acceptors (Lipinski definition) is 3. The minimum absolute atomic E-state index is 0.607. The van der Waals surface area contributed by atoms with Gasteiger partial charge in [-0.2, -0.15) is 0 Å². The van der Waals surface area contributed by atoms with Gasteiger partial charge in [-0.1, -0.05) is 27.7 Å². The lowest BCUT2D eigenvalue weighted by Crippen LogP contribution is -2.57. The van der Waals surface area contributed by atoms with E-state index in [1.54, 1.807) is 0 Å². The Morgan fingerprint density at radius 1 is 1.22 bits per heavy atom. The fraction of sp³-hybridized carbons (Fsp3) is 1.00. The second-order valence-corrected chi connectivity index (χ2v) is 6.41. The van der Waals surface area contributed by atoms with Crippen molar-refractivity contribution in [2.45, 2.75) is 53.1 Å². The van der Waals surface area contributed by atoms with Crippen molar-refractivity contribution in [3.05, 3.63) is 0 Å². The van der Waals surface area contributed by atoms with Crippen molar-refractivity contribution in [1.82, 2.24) is 10.2 Å². The zero-order chi connectivity index (χ0) is 13.5. The molecular formula is C15H32N2O. The smallest absolute Gasteiger partial charge is 0.0593 e. The minimum Gasteiger partial charge on any atom is -0.380 e. The van der Waals surface area contributed by atoms with Crippen LogP contribution in [0.4, 0.5) is 0 Å². The van der Waals surface area contributed by atoms with Crippen LogP contribution >= 0.6 is 0 Å². The first-order valence-electron chi connectivity index (χ1n) is 7.56. The summed E-state index contributed by atoms with van der Waals surface area (Å²) in [6, 6.07) is 1.27. The molecule has 0 aromatic rings. The largest absolute Gasteiger partial charge is 0.380 e. The van der Waals surface area contributed by atoms with Gasteiger partial charge in [-0.25, -0.2) is 0 Å². The molecule has 2 unspecified atom stereocenters. The topological polar surface area (TPSA) is 24.5 Å². The summed E-state index contributed by atoms with van der Waals surface area (Å²) in [6.07, 6.45) is 1.17. The van der Waals surface area contributed by atoms with E-state index < -0.39 is 0 Å². The predicted octanol–water partition coefficient (Wildman–Crippen LogP) is 2.37. The second kappa shape index (κ2) is 8.13. The summed E-state index contributed by atoms with van der Waals surface area (Å²) in [5.74, 6) is 1.45. The Morgan fingerprint density at radius 2 is 1.94 bits per heavy atom. The number of nitrogens with one attached hydrogen (secondary N) is 1. The number of hydrogen-bond donors (Lipinski definition) is 1. The Bertz CT molecular complexity index is 219. The molecule has 1 rings (SSSR count). The molecule has 1 aliphatic heterocycles. The molecule has 3 nitrogen and oxygen atoms in total. The van der Waals surface area contributed by atoms with Crippen LogP contribution in [0.1, 0.15) is 41.0 Å². The third kappa shape index (κ3) is 5.68. The molecule has 1 N–H and O–H groups in total. The zero-order valence-corrected chi connectivity index (χ0v) is 12.9. The molecule has 0 aliphatic carbocycles. The van der Waals surface area contributed by atoms with Crippen molar-refractivity contribution >= 4 is 0 Å². The molecule has 0 saturated carbocycles. The number of piperazine rings is 1. The molecule has 18 heavy (non-hydrogen) atoms. The standard InChI is InChI=1S/C15H32N2O/c1-12(2)6-8-18-9-7-17-11-14(5)16-10-15(17)13(3)4/h12-16H,6-11H2,1-5H3. The van der Waals surface area contributed by atoms with Crippen LogP contribution in [0.5, 0.6) is 0 Å². The van der Waals surface area contributed by atoms with E-state index in [1.807, 2.05) is 0 Å². The lowest BCUT2D eigenvalue weighted by molar-refractivity contribution is 0.0496. The van der Waals surface area contributed by atoms with Crippen molar-refractivity contribution in [1.29, 1.82) is 0 Å². The van der Waals surface area contributed by atoms with Gasteiger partial charge in [-0.15, -0.1) is 0 Å². The van der Waals surface area contributed by atoms with E-state index in [9.17, 15) is 0 Å². The number of rotatable bonds is 7. The fourth-order valence-electron chi connectivity index (χ4n) is 2.52. The average molecular weight is 256 g/mol. The molecular weight excluding hydrogens is 224 g/mol. The molecule has 0 aromatic carbocycles. The maximum Gasteiger partial charge on any atom is 0.0593 e. The molecule has 0 radical (unpaired) electrons. The Kier molecular flexibility index (Phi) is 7.20. The second-order valence-electron chi connectivity index (χ2n) is 6.41. The maximum absolute atomic E-state index is 5.75. The Morgan fingerprint density at radius 3 is 2.56 bits per heavy atom. The van der Waals surface area contributed by atoms with E-state index in [1.165, 1.54) is 6.42 Å². The summed E-state index contributed by atoms with van der Waals surface area (Å²) in [7, 11) is 0. The van der Waals surface area contributed by atoms with Gasteiger partial charge < -0.3 is 10.1 Å². The summed E-state index contributed by atoms with van der Waals surface area (Å²) in [5.41, 5.74) is 0. The highest BCUT2D eigenvalue weighted by Crippen LogP contribution is 2.14. The highest BCUT2D eigenvalue weighted by molar-refractivity contribution is 4.85. The number of ether oxygens (including phenoxy) is 1. The SMILES string of the molecule is CC(C)CCOCCN1CC(C)NCC1C(C)C. The van der Waals surface area contributed by atoms with E-state index in [2.05, 4.69) is 44.8 Å². The summed E-state index contributed by atoms with van der Waals surface area (Å²) in [5, 5.41) is 3.58. The predicted molar refractivity (Wildman–Crippen MR) is 77.9 cm³/mol. The molecule has 3 heteroatoms.